The Bertz CT molecular complexity index is 330. The zero-order valence-corrected chi connectivity index (χ0v) is 10.5. The lowest BCUT2D eigenvalue weighted by Crippen LogP contribution is -2.21. The molecule has 0 aromatic carbocycles. The van der Waals surface area contributed by atoms with Crippen LogP contribution in [0.15, 0.2) is 28.9 Å². The Morgan fingerprint density at radius 1 is 1.56 bits per heavy atom. The highest BCUT2D eigenvalue weighted by Gasteiger charge is 2.08. The van der Waals surface area contributed by atoms with Crippen molar-refractivity contribution in [2.75, 3.05) is 20.1 Å². The van der Waals surface area contributed by atoms with Gasteiger partial charge in [-0.15, -0.1) is 0 Å². The molecular formula is C13H22N2O. The van der Waals surface area contributed by atoms with Gasteiger partial charge in [-0.1, -0.05) is 19.1 Å². The van der Waals surface area contributed by atoms with E-state index >= 15 is 0 Å². The molecule has 1 aromatic rings. The second kappa shape index (κ2) is 6.51. The maximum atomic E-state index is 5.50. The van der Waals surface area contributed by atoms with E-state index in [-0.39, 0.29) is 0 Å². The molecular weight excluding hydrogens is 200 g/mol. The quantitative estimate of drug-likeness (QED) is 0.718. The summed E-state index contributed by atoms with van der Waals surface area (Å²) in [5.41, 5.74) is 2.41. The third-order valence-electron chi connectivity index (χ3n) is 2.36. The summed E-state index contributed by atoms with van der Waals surface area (Å²) in [5, 5.41) is 3.31. The maximum absolute atomic E-state index is 5.50. The van der Waals surface area contributed by atoms with Crippen LogP contribution in [-0.2, 0) is 13.1 Å². The molecule has 0 unspecified atom stereocenters. The van der Waals surface area contributed by atoms with Crippen LogP contribution in [0.1, 0.15) is 25.2 Å². The molecule has 0 fully saturated rings. The summed E-state index contributed by atoms with van der Waals surface area (Å²) in [4.78, 5) is 2.20. The van der Waals surface area contributed by atoms with E-state index in [0.717, 1.165) is 31.9 Å². The third kappa shape index (κ3) is 4.21. The molecule has 1 aromatic heterocycles. The minimum atomic E-state index is 0.834. The monoisotopic (exact) mass is 222 g/mol. The molecule has 0 atom stereocenters. The van der Waals surface area contributed by atoms with Crippen LogP contribution in [-0.4, -0.2) is 25.0 Å². The van der Waals surface area contributed by atoms with Crippen LogP contribution in [0.3, 0.4) is 0 Å². The van der Waals surface area contributed by atoms with Crippen molar-refractivity contribution in [1.82, 2.24) is 10.2 Å². The van der Waals surface area contributed by atoms with Crippen molar-refractivity contribution in [2.24, 2.45) is 0 Å². The molecule has 0 spiro atoms. The normalized spacial score (nSPS) is 11.0. The molecule has 0 aliphatic carbocycles. The maximum Gasteiger partial charge on any atom is 0.122 e. The summed E-state index contributed by atoms with van der Waals surface area (Å²) in [6, 6.07) is 2.03. The predicted octanol–water partition coefficient (Wildman–Crippen LogP) is 2.40. The smallest absolute Gasteiger partial charge is 0.122 e. The molecule has 0 bridgehead atoms. The summed E-state index contributed by atoms with van der Waals surface area (Å²) in [5.74, 6) is 1.05. The van der Waals surface area contributed by atoms with E-state index in [1.807, 2.05) is 13.0 Å². The Kier molecular flexibility index (Phi) is 5.29. The van der Waals surface area contributed by atoms with E-state index in [0.29, 0.717) is 0 Å². The number of furan rings is 1. The molecule has 0 radical (unpaired) electrons. The minimum Gasteiger partial charge on any atom is -0.468 e. The highest BCUT2D eigenvalue weighted by atomic mass is 16.3. The van der Waals surface area contributed by atoms with Crippen molar-refractivity contribution >= 4 is 0 Å². The summed E-state index contributed by atoms with van der Waals surface area (Å²) < 4.78 is 5.50. The Balaban J connectivity index is 2.52. The van der Waals surface area contributed by atoms with Gasteiger partial charge in [0.15, 0.2) is 0 Å². The summed E-state index contributed by atoms with van der Waals surface area (Å²) in [6.07, 6.45) is 1.76. The topological polar surface area (TPSA) is 28.4 Å². The van der Waals surface area contributed by atoms with Gasteiger partial charge < -0.3 is 9.73 Å². The second-order valence-electron chi connectivity index (χ2n) is 4.28. The van der Waals surface area contributed by atoms with E-state index in [1.165, 1.54) is 11.1 Å². The van der Waals surface area contributed by atoms with E-state index in [1.54, 1.807) is 6.26 Å². The molecule has 3 heteroatoms. The number of hydrogen-bond acceptors (Lipinski definition) is 3. The molecule has 0 aliphatic heterocycles. The molecule has 0 saturated carbocycles. The molecule has 0 saturated heterocycles. The fourth-order valence-corrected chi connectivity index (χ4v) is 1.68. The summed E-state index contributed by atoms with van der Waals surface area (Å²) in [6.45, 7) is 11.7. The van der Waals surface area contributed by atoms with Gasteiger partial charge in [0, 0.05) is 18.7 Å². The zero-order valence-electron chi connectivity index (χ0n) is 10.5. The van der Waals surface area contributed by atoms with Crippen LogP contribution < -0.4 is 5.32 Å². The molecule has 1 rings (SSSR count). The van der Waals surface area contributed by atoms with Gasteiger partial charge in [0.05, 0.1) is 12.8 Å². The van der Waals surface area contributed by atoms with Gasteiger partial charge in [-0.2, -0.15) is 0 Å². The lowest BCUT2D eigenvalue weighted by molar-refractivity contribution is 0.314. The van der Waals surface area contributed by atoms with Crippen molar-refractivity contribution in [3.63, 3.8) is 0 Å². The Hall–Kier alpha value is -1.06. The molecule has 16 heavy (non-hydrogen) atoms. The first-order chi connectivity index (χ1) is 7.63. The average molecular weight is 222 g/mol. The fourth-order valence-electron chi connectivity index (χ4n) is 1.68. The van der Waals surface area contributed by atoms with Crippen LogP contribution in [0.4, 0.5) is 0 Å². The minimum absolute atomic E-state index is 0.834. The molecule has 0 amide bonds. The highest BCUT2D eigenvalue weighted by molar-refractivity contribution is 5.16. The Labute approximate surface area is 98.1 Å². The summed E-state index contributed by atoms with van der Waals surface area (Å²) in [7, 11) is 2.08. The van der Waals surface area contributed by atoms with Gasteiger partial charge in [-0.3, -0.25) is 4.90 Å². The van der Waals surface area contributed by atoms with Crippen LogP contribution >= 0.6 is 0 Å². The van der Waals surface area contributed by atoms with Gasteiger partial charge in [-0.25, -0.2) is 0 Å². The number of nitrogens with one attached hydrogen (secondary N) is 1. The largest absolute Gasteiger partial charge is 0.468 e. The van der Waals surface area contributed by atoms with Crippen molar-refractivity contribution in [1.29, 1.82) is 0 Å². The van der Waals surface area contributed by atoms with Crippen LogP contribution in [0, 0.1) is 0 Å². The van der Waals surface area contributed by atoms with Crippen LogP contribution in [0.25, 0.3) is 0 Å². The van der Waals surface area contributed by atoms with Gasteiger partial charge in [0.2, 0.25) is 0 Å². The number of nitrogens with zero attached hydrogens (tertiary/aromatic N) is 1. The first-order valence-electron chi connectivity index (χ1n) is 5.72. The highest BCUT2D eigenvalue weighted by Crippen LogP contribution is 2.13. The van der Waals surface area contributed by atoms with Gasteiger partial charge >= 0.3 is 0 Å². The van der Waals surface area contributed by atoms with Crippen LogP contribution in [0.5, 0.6) is 0 Å². The van der Waals surface area contributed by atoms with Gasteiger partial charge in [0.25, 0.3) is 0 Å². The van der Waals surface area contributed by atoms with Crippen molar-refractivity contribution in [3.05, 3.63) is 35.8 Å². The van der Waals surface area contributed by atoms with Crippen LogP contribution in [0.2, 0.25) is 0 Å². The van der Waals surface area contributed by atoms with E-state index < -0.39 is 0 Å². The summed E-state index contributed by atoms with van der Waals surface area (Å²) >= 11 is 0. The average Bonchev–Trinajstić information content (AvgIpc) is 2.61. The second-order valence-corrected chi connectivity index (χ2v) is 4.28. The fraction of sp³-hybridized carbons (Fsp3) is 0.538. The molecule has 1 N–H and O–H groups in total. The van der Waals surface area contributed by atoms with Crippen molar-refractivity contribution < 1.29 is 4.42 Å². The molecule has 1 heterocycles. The first kappa shape index (κ1) is 13.0. The molecule has 0 aliphatic rings. The standard InChI is InChI=1S/C13H22N2O/c1-5-14-8-12-6-7-16-13(12)10-15(4)9-11(2)3/h6-7,14H,2,5,8-10H2,1,3-4H3. The predicted molar refractivity (Wildman–Crippen MR) is 67.2 cm³/mol. The third-order valence-corrected chi connectivity index (χ3v) is 2.36. The first-order valence-corrected chi connectivity index (χ1v) is 5.72. The molecule has 3 nitrogen and oxygen atoms in total. The Morgan fingerprint density at radius 3 is 2.94 bits per heavy atom. The van der Waals surface area contributed by atoms with Gasteiger partial charge in [-0.05, 0) is 26.6 Å². The Morgan fingerprint density at radius 2 is 2.31 bits per heavy atom. The van der Waals surface area contributed by atoms with Gasteiger partial charge in [0.1, 0.15) is 5.76 Å². The number of hydrogen-bond donors (Lipinski definition) is 1. The van der Waals surface area contributed by atoms with E-state index in [2.05, 4.69) is 30.8 Å². The molecule has 90 valence electrons. The zero-order chi connectivity index (χ0) is 12.0. The lowest BCUT2D eigenvalue weighted by Gasteiger charge is -2.15. The van der Waals surface area contributed by atoms with E-state index in [9.17, 15) is 0 Å². The SMILES string of the molecule is C=C(C)CN(C)Cc1occc1CNCC. The van der Waals surface area contributed by atoms with E-state index in [4.69, 9.17) is 4.42 Å². The lowest BCUT2D eigenvalue weighted by atomic mass is 10.2. The van der Waals surface area contributed by atoms with Crippen molar-refractivity contribution in [3.8, 4) is 0 Å². The van der Waals surface area contributed by atoms with Crippen molar-refractivity contribution in [2.45, 2.75) is 26.9 Å². The number of rotatable bonds is 7. The number of likely N-dealkylation sites (N-methyl/N-ethyl adjacent to an activating group) is 1.